The Morgan fingerprint density at radius 2 is 1.47 bits per heavy atom. The fourth-order valence-electron chi connectivity index (χ4n) is 2.15. The van der Waals surface area contributed by atoms with Gasteiger partial charge in [0.2, 0.25) is 5.91 Å². The molecule has 30 heavy (non-hydrogen) atoms. The lowest BCUT2D eigenvalue weighted by Gasteiger charge is -2.11. The van der Waals surface area contributed by atoms with Gasteiger partial charge < -0.3 is 16.0 Å². The van der Waals surface area contributed by atoms with Gasteiger partial charge in [-0.25, -0.2) is 13.2 Å². The van der Waals surface area contributed by atoms with Crippen molar-refractivity contribution in [2.75, 3.05) is 23.1 Å². The van der Waals surface area contributed by atoms with E-state index in [1.807, 2.05) is 6.92 Å². The van der Waals surface area contributed by atoms with Gasteiger partial charge >= 0.3 is 12.2 Å². The van der Waals surface area contributed by atoms with Crippen molar-refractivity contribution in [1.82, 2.24) is 10.6 Å². The maximum absolute atomic E-state index is 12.3. The van der Waals surface area contributed by atoms with Gasteiger partial charge in [-0.05, 0) is 43.3 Å². The molecule has 12 heteroatoms. The normalized spacial score (nSPS) is 11.5. The first-order valence-corrected chi connectivity index (χ1v) is 10.0. The van der Waals surface area contributed by atoms with E-state index in [1.165, 1.54) is 36.4 Å². The number of hydrogen-bond donors (Lipinski definition) is 4. The standard InChI is InChI=1S/C18H19F3N4O4S/c1-12-2-8-15(9-3-12)30(28,29)25-14-6-4-13(5-7-14)24-17(27)22-10-16(26)23-11-18(19,20)21/h2-9,25H,10-11H2,1H3,(H,23,26)(H2,22,24,27). The van der Waals surface area contributed by atoms with Crippen molar-refractivity contribution < 1.29 is 31.2 Å². The third-order valence-corrected chi connectivity index (χ3v) is 5.02. The molecule has 2 aromatic rings. The third kappa shape index (κ3) is 7.62. The van der Waals surface area contributed by atoms with E-state index in [0.717, 1.165) is 5.56 Å². The van der Waals surface area contributed by atoms with Crippen LogP contribution in [0.3, 0.4) is 0 Å². The second-order valence-corrected chi connectivity index (χ2v) is 7.88. The second-order valence-electron chi connectivity index (χ2n) is 6.20. The van der Waals surface area contributed by atoms with E-state index >= 15 is 0 Å². The van der Waals surface area contributed by atoms with Crippen LogP contribution >= 0.6 is 0 Å². The Bertz CT molecular complexity index is 992. The van der Waals surface area contributed by atoms with Crippen LogP contribution in [0.15, 0.2) is 53.4 Å². The summed E-state index contributed by atoms with van der Waals surface area (Å²) in [7, 11) is -3.77. The van der Waals surface area contributed by atoms with E-state index in [1.54, 1.807) is 17.4 Å². The summed E-state index contributed by atoms with van der Waals surface area (Å²) in [5.74, 6) is -0.997. The van der Waals surface area contributed by atoms with E-state index in [0.29, 0.717) is 0 Å². The van der Waals surface area contributed by atoms with Gasteiger partial charge in [0.05, 0.1) is 11.4 Å². The van der Waals surface area contributed by atoms with Gasteiger partial charge in [0.25, 0.3) is 10.0 Å². The molecule has 0 fully saturated rings. The molecule has 0 saturated heterocycles. The third-order valence-electron chi connectivity index (χ3n) is 3.62. The molecule has 0 aliphatic carbocycles. The lowest BCUT2D eigenvalue weighted by molar-refractivity contribution is -0.137. The first kappa shape index (κ1) is 23.0. The minimum Gasteiger partial charge on any atom is -0.345 e. The summed E-state index contributed by atoms with van der Waals surface area (Å²) in [6.45, 7) is -0.300. The lowest BCUT2D eigenvalue weighted by Crippen LogP contribution is -2.42. The average molecular weight is 444 g/mol. The Kier molecular flexibility index (Phi) is 7.27. The highest BCUT2D eigenvalue weighted by molar-refractivity contribution is 7.92. The molecule has 0 bridgehead atoms. The van der Waals surface area contributed by atoms with Gasteiger partial charge in [-0.2, -0.15) is 13.2 Å². The van der Waals surface area contributed by atoms with Crippen molar-refractivity contribution in [2.45, 2.75) is 18.0 Å². The van der Waals surface area contributed by atoms with Crippen molar-refractivity contribution in [3.05, 3.63) is 54.1 Å². The highest BCUT2D eigenvalue weighted by Crippen LogP contribution is 2.19. The summed E-state index contributed by atoms with van der Waals surface area (Å²) in [5, 5.41) is 6.09. The average Bonchev–Trinajstić information content (AvgIpc) is 2.66. The van der Waals surface area contributed by atoms with Crippen LogP contribution in [0.25, 0.3) is 0 Å². The maximum atomic E-state index is 12.3. The molecular weight excluding hydrogens is 425 g/mol. The highest BCUT2D eigenvalue weighted by atomic mass is 32.2. The van der Waals surface area contributed by atoms with Crippen LogP contribution in [0.4, 0.5) is 29.3 Å². The number of alkyl halides is 3. The zero-order chi connectivity index (χ0) is 22.4. The minimum absolute atomic E-state index is 0.0958. The molecule has 0 atom stereocenters. The van der Waals surface area contributed by atoms with Crippen LogP contribution in [0, 0.1) is 6.92 Å². The van der Waals surface area contributed by atoms with Crippen molar-refractivity contribution >= 4 is 33.3 Å². The molecule has 0 aliphatic rings. The molecule has 4 N–H and O–H groups in total. The zero-order valence-electron chi connectivity index (χ0n) is 15.7. The first-order valence-electron chi connectivity index (χ1n) is 8.52. The Labute approximate surface area is 170 Å². The van der Waals surface area contributed by atoms with Crippen LogP contribution < -0.4 is 20.7 Å². The second kappa shape index (κ2) is 9.48. The van der Waals surface area contributed by atoms with E-state index in [4.69, 9.17) is 0 Å². The molecule has 2 aromatic carbocycles. The first-order chi connectivity index (χ1) is 13.9. The van der Waals surface area contributed by atoms with E-state index < -0.39 is 41.2 Å². The predicted molar refractivity (Wildman–Crippen MR) is 105 cm³/mol. The Hall–Kier alpha value is -3.28. The summed E-state index contributed by atoms with van der Waals surface area (Å²) >= 11 is 0. The summed E-state index contributed by atoms with van der Waals surface area (Å²) in [4.78, 5) is 23.0. The number of carbonyl (C=O) groups is 2. The van der Waals surface area contributed by atoms with Crippen LogP contribution in [0.5, 0.6) is 0 Å². The van der Waals surface area contributed by atoms with Crippen LogP contribution in [0.1, 0.15) is 5.56 Å². The van der Waals surface area contributed by atoms with Gasteiger partial charge in [0.1, 0.15) is 6.54 Å². The van der Waals surface area contributed by atoms with Crippen molar-refractivity contribution in [2.24, 2.45) is 0 Å². The number of rotatable bonds is 7. The highest BCUT2D eigenvalue weighted by Gasteiger charge is 2.27. The predicted octanol–water partition coefficient (Wildman–Crippen LogP) is 2.60. The molecule has 3 amide bonds. The lowest BCUT2D eigenvalue weighted by atomic mass is 10.2. The number of anilines is 2. The van der Waals surface area contributed by atoms with Gasteiger partial charge in [-0.3, -0.25) is 9.52 Å². The van der Waals surface area contributed by atoms with Gasteiger partial charge in [0.15, 0.2) is 0 Å². The smallest absolute Gasteiger partial charge is 0.345 e. The molecule has 0 aromatic heterocycles. The fourth-order valence-corrected chi connectivity index (χ4v) is 3.21. The van der Waals surface area contributed by atoms with Crippen molar-refractivity contribution in [3.63, 3.8) is 0 Å². The minimum atomic E-state index is -4.54. The van der Waals surface area contributed by atoms with Crippen LogP contribution in [-0.4, -0.2) is 39.6 Å². The summed E-state index contributed by atoms with van der Waals surface area (Å²) in [6, 6.07) is 11.1. The molecular formula is C18H19F3N4O4S. The number of urea groups is 1. The Morgan fingerprint density at radius 3 is 2.03 bits per heavy atom. The largest absolute Gasteiger partial charge is 0.405 e. The molecule has 8 nitrogen and oxygen atoms in total. The molecule has 0 radical (unpaired) electrons. The molecule has 162 valence electrons. The Morgan fingerprint density at radius 1 is 0.900 bits per heavy atom. The molecule has 2 rings (SSSR count). The summed E-state index contributed by atoms with van der Waals surface area (Å²) in [6.07, 6.45) is -4.54. The van der Waals surface area contributed by atoms with Gasteiger partial charge in [-0.1, -0.05) is 17.7 Å². The molecule has 0 unspecified atom stereocenters. The number of sulfonamides is 1. The zero-order valence-corrected chi connectivity index (χ0v) is 16.5. The monoisotopic (exact) mass is 444 g/mol. The number of aryl methyl sites for hydroxylation is 1. The Balaban J connectivity index is 1.86. The van der Waals surface area contributed by atoms with Crippen LogP contribution in [0.2, 0.25) is 0 Å². The molecule has 0 heterocycles. The number of carbonyl (C=O) groups excluding carboxylic acids is 2. The number of halogens is 3. The summed E-state index contributed by atoms with van der Waals surface area (Å²) < 4.78 is 63.1. The number of nitrogens with one attached hydrogen (secondary N) is 4. The van der Waals surface area contributed by atoms with Gasteiger partial charge in [0, 0.05) is 11.4 Å². The van der Waals surface area contributed by atoms with Gasteiger partial charge in [-0.15, -0.1) is 0 Å². The van der Waals surface area contributed by atoms with Crippen LogP contribution in [-0.2, 0) is 14.8 Å². The molecule has 0 spiro atoms. The summed E-state index contributed by atoms with van der Waals surface area (Å²) in [5.41, 5.74) is 1.45. The maximum Gasteiger partial charge on any atom is 0.405 e. The topological polar surface area (TPSA) is 116 Å². The molecule has 0 aliphatic heterocycles. The molecule has 0 saturated carbocycles. The number of hydrogen-bond acceptors (Lipinski definition) is 4. The van der Waals surface area contributed by atoms with Crippen molar-refractivity contribution in [3.8, 4) is 0 Å². The van der Waals surface area contributed by atoms with E-state index in [-0.39, 0.29) is 16.3 Å². The quantitative estimate of drug-likeness (QED) is 0.525. The van der Waals surface area contributed by atoms with Crippen molar-refractivity contribution in [1.29, 1.82) is 0 Å². The van der Waals surface area contributed by atoms with E-state index in [2.05, 4.69) is 15.4 Å². The number of benzene rings is 2. The van der Waals surface area contributed by atoms with E-state index in [9.17, 15) is 31.2 Å². The number of amides is 3. The fraction of sp³-hybridized carbons (Fsp3) is 0.222. The SMILES string of the molecule is Cc1ccc(S(=O)(=O)Nc2ccc(NC(=O)NCC(=O)NCC(F)(F)F)cc2)cc1.